The Balaban J connectivity index is 3.20. The number of hydrogen-bond donors (Lipinski definition) is 1. The summed E-state index contributed by atoms with van der Waals surface area (Å²) in [5.74, 6) is 1.55. The summed E-state index contributed by atoms with van der Waals surface area (Å²) in [5, 5.41) is 3.28. The lowest BCUT2D eigenvalue weighted by molar-refractivity contribution is -0.00906. The molecule has 0 heterocycles. The fourth-order valence-electron chi connectivity index (χ4n) is 2.03. The first kappa shape index (κ1) is 14.8. The SMILES string of the molecule is CNC(c1cc(OC)cc(OC)c1)C(C)(C)OC. The lowest BCUT2D eigenvalue weighted by Crippen LogP contribution is -2.39. The summed E-state index contributed by atoms with van der Waals surface area (Å²) in [6.45, 7) is 4.08. The van der Waals surface area contributed by atoms with E-state index < -0.39 is 0 Å². The van der Waals surface area contributed by atoms with Gasteiger partial charge in [-0.25, -0.2) is 0 Å². The Morgan fingerprint density at radius 1 is 1.00 bits per heavy atom. The van der Waals surface area contributed by atoms with Gasteiger partial charge in [-0.3, -0.25) is 0 Å². The minimum atomic E-state index is -0.327. The number of likely N-dealkylation sites (N-methyl/N-ethyl adjacent to an activating group) is 1. The van der Waals surface area contributed by atoms with E-state index in [0.717, 1.165) is 17.1 Å². The molecule has 102 valence electrons. The molecule has 0 aliphatic rings. The smallest absolute Gasteiger partial charge is 0.122 e. The third kappa shape index (κ3) is 3.15. The van der Waals surface area contributed by atoms with Crippen molar-refractivity contribution in [2.45, 2.75) is 25.5 Å². The maximum absolute atomic E-state index is 5.55. The van der Waals surface area contributed by atoms with Gasteiger partial charge in [0.1, 0.15) is 11.5 Å². The van der Waals surface area contributed by atoms with Crippen molar-refractivity contribution < 1.29 is 14.2 Å². The molecule has 1 unspecified atom stereocenters. The fraction of sp³-hybridized carbons (Fsp3) is 0.571. The van der Waals surface area contributed by atoms with E-state index in [2.05, 4.69) is 5.32 Å². The first-order valence-electron chi connectivity index (χ1n) is 5.94. The van der Waals surface area contributed by atoms with Crippen LogP contribution in [0.3, 0.4) is 0 Å². The Morgan fingerprint density at radius 3 is 1.83 bits per heavy atom. The van der Waals surface area contributed by atoms with Crippen LogP contribution in [0.4, 0.5) is 0 Å². The molecular weight excluding hydrogens is 230 g/mol. The highest BCUT2D eigenvalue weighted by Crippen LogP contribution is 2.33. The molecule has 0 aliphatic heterocycles. The largest absolute Gasteiger partial charge is 0.497 e. The van der Waals surface area contributed by atoms with E-state index in [9.17, 15) is 0 Å². The molecule has 1 aromatic carbocycles. The normalized spacial score (nSPS) is 13.2. The Labute approximate surface area is 109 Å². The first-order chi connectivity index (χ1) is 8.48. The van der Waals surface area contributed by atoms with Crippen molar-refractivity contribution in [3.05, 3.63) is 23.8 Å². The van der Waals surface area contributed by atoms with E-state index in [1.54, 1.807) is 21.3 Å². The van der Waals surface area contributed by atoms with E-state index >= 15 is 0 Å². The van der Waals surface area contributed by atoms with Gasteiger partial charge in [-0.2, -0.15) is 0 Å². The van der Waals surface area contributed by atoms with Crippen molar-refractivity contribution in [1.82, 2.24) is 5.32 Å². The summed E-state index contributed by atoms with van der Waals surface area (Å²) >= 11 is 0. The van der Waals surface area contributed by atoms with Crippen LogP contribution in [0, 0.1) is 0 Å². The minimum absolute atomic E-state index is 0.0477. The second-order valence-electron chi connectivity index (χ2n) is 4.68. The molecular formula is C14H23NO3. The number of rotatable bonds is 6. The molecule has 18 heavy (non-hydrogen) atoms. The molecule has 0 aromatic heterocycles. The van der Waals surface area contributed by atoms with Crippen LogP contribution in [0.5, 0.6) is 11.5 Å². The van der Waals surface area contributed by atoms with Gasteiger partial charge < -0.3 is 19.5 Å². The summed E-state index contributed by atoms with van der Waals surface area (Å²) in [4.78, 5) is 0. The van der Waals surface area contributed by atoms with Crippen molar-refractivity contribution in [2.24, 2.45) is 0 Å². The van der Waals surface area contributed by atoms with Gasteiger partial charge in [0.15, 0.2) is 0 Å². The number of methoxy groups -OCH3 is 3. The molecule has 1 atom stereocenters. The molecule has 0 fully saturated rings. The Morgan fingerprint density at radius 2 is 1.50 bits per heavy atom. The van der Waals surface area contributed by atoms with Crippen LogP contribution in [0.2, 0.25) is 0 Å². The topological polar surface area (TPSA) is 39.7 Å². The minimum Gasteiger partial charge on any atom is -0.497 e. The van der Waals surface area contributed by atoms with Crippen molar-refractivity contribution in [1.29, 1.82) is 0 Å². The van der Waals surface area contributed by atoms with Crippen LogP contribution in [0.25, 0.3) is 0 Å². The molecule has 0 saturated carbocycles. The van der Waals surface area contributed by atoms with Gasteiger partial charge in [-0.15, -0.1) is 0 Å². The zero-order valence-corrected chi connectivity index (χ0v) is 12.0. The predicted molar refractivity (Wildman–Crippen MR) is 72.4 cm³/mol. The van der Waals surface area contributed by atoms with Gasteiger partial charge in [0.05, 0.1) is 25.9 Å². The summed E-state index contributed by atoms with van der Waals surface area (Å²) in [6, 6.07) is 5.89. The average molecular weight is 253 g/mol. The van der Waals surface area contributed by atoms with Crippen molar-refractivity contribution >= 4 is 0 Å². The summed E-state index contributed by atoms with van der Waals surface area (Å²) in [6.07, 6.45) is 0. The zero-order chi connectivity index (χ0) is 13.8. The summed E-state index contributed by atoms with van der Waals surface area (Å²) in [7, 11) is 6.92. The van der Waals surface area contributed by atoms with Crippen molar-refractivity contribution in [2.75, 3.05) is 28.4 Å². The van der Waals surface area contributed by atoms with E-state index in [1.165, 1.54) is 0 Å². The molecule has 1 N–H and O–H groups in total. The maximum Gasteiger partial charge on any atom is 0.122 e. The lowest BCUT2D eigenvalue weighted by atomic mass is 9.91. The Hall–Kier alpha value is -1.26. The van der Waals surface area contributed by atoms with Gasteiger partial charge >= 0.3 is 0 Å². The summed E-state index contributed by atoms with van der Waals surface area (Å²) in [5.41, 5.74) is 0.743. The second-order valence-corrected chi connectivity index (χ2v) is 4.68. The van der Waals surface area contributed by atoms with E-state index in [1.807, 2.05) is 39.1 Å². The highest BCUT2D eigenvalue weighted by Gasteiger charge is 2.30. The molecule has 0 radical (unpaired) electrons. The standard InChI is InChI=1S/C14H23NO3/c1-14(2,18-6)13(15-3)10-7-11(16-4)9-12(8-10)17-5/h7-9,13,15H,1-6H3. The molecule has 4 nitrogen and oxygen atoms in total. The predicted octanol–water partition coefficient (Wildman–Crippen LogP) is 2.39. The molecule has 1 aromatic rings. The maximum atomic E-state index is 5.55. The van der Waals surface area contributed by atoms with Crippen LogP contribution in [-0.2, 0) is 4.74 Å². The van der Waals surface area contributed by atoms with Crippen molar-refractivity contribution in [3.8, 4) is 11.5 Å². The van der Waals surface area contributed by atoms with Gasteiger partial charge in [-0.1, -0.05) is 0 Å². The quantitative estimate of drug-likeness (QED) is 0.845. The van der Waals surface area contributed by atoms with Gasteiger partial charge in [-0.05, 0) is 38.6 Å². The highest BCUT2D eigenvalue weighted by molar-refractivity contribution is 5.40. The highest BCUT2D eigenvalue weighted by atomic mass is 16.5. The molecule has 0 bridgehead atoms. The van der Waals surface area contributed by atoms with Gasteiger partial charge in [0.2, 0.25) is 0 Å². The fourth-order valence-corrected chi connectivity index (χ4v) is 2.03. The monoisotopic (exact) mass is 253 g/mol. The first-order valence-corrected chi connectivity index (χ1v) is 5.94. The molecule has 0 amide bonds. The van der Waals surface area contributed by atoms with E-state index in [-0.39, 0.29) is 11.6 Å². The average Bonchev–Trinajstić information content (AvgIpc) is 2.38. The van der Waals surface area contributed by atoms with Gasteiger partial charge in [0.25, 0.3) is 0 Å². The van der Waals surface area contributed by atoms with Crippen molar-refractivity contribution in [3.63, 3.8) is 0 Å². The molecule has 1 rings (SSSR count). The number of benzene rings is 1. The van der Waals surface area contributed by atoms with E-state index in [0.29, 0.717) is 0 Å². The molecule has 0 saturated heterocycles. The number of nitrogens with one attached hydrogen (secondary N) is 1. The third-order valence-electron chi connectivity index (χ3n) is 3.22. The Kier molecular flexibility index (Phi) is 4.99. The van der Waals surface area contributed by atoms with Crippen LogP contribution < -0.4 is 14.8 Å². The Bertz CT molecular complexity index is 368. The lowest BCUT2D eigenvalue weighted by Gasteiger charge is -2.33. The number of ether oxygens (including phenoxy) is 3. The van der Waals surface area contributed by atoms with Crippen LogP contribution >= 0.6 is 0 Å². The van der Waals surface area contributed by atoms with Gasteiger partial charge in [0, 0.05) is 13.2 Å². The summed E-state index contributed by atoms with van der Waals surface area (Å²) < 4.78 is 16.1. The molecule has 0 aliphatic carbocycles. The molecule has 4 heteroatoms. The zero-order valence-electron chi connectivity index (χ0n) is 12.0. The third-order valence-corrected chi connectivity index (χ3v) is 3.22. The van der Waals surface area contributed by atoms with E-state index in [4.69, 9.17) is 14.2 Å². The van der Waals surface area contributed by atoms with Crippen LogP contribution in [0.15, 0.2) is 18.2 Å². The van der Waals surface area contributed by atoms with Crippen LogP contribution in [-0.4, -0.2) is 34.0 Å². The number of hydrogen-bond acceptors (Lipinski definition) is 4. The second kappa shape index (κ2) is 6.07. The van der Waals surface area contributed by atoms with Crippen LogP contribution in [0.1, 0.15) is 25.5 Å². The molecule has 0 spiro atoms.